The summed E-state index contributed by atoms with van der Waals surface area (Å²) in [6, 6.07) is 8.40. The van der Waals surface area contributed by atoms with Gasteiger partial charge >= 0.3 is 0 Å². The molecule has 0 aromatic heterocycles. The van der Waals surface area contributed by atoms with E-state index in [0.717, 1.165) is 0 Å². The summed E-state index contributed by atoms with van der Waals surface area (Å²) in [5, 5.41) is 2.66. The minimum absolute atomic E-state index is 0.0000810. The van der Waals surface area contributed by atoms with Gasteiger partial charge in [0.25, 0.3) is 5.91 Å². The van der Waals surface area contributed by atoms with Crippen LogP contribution in [-0.4, -0.2) is 59.2 Å². The molecular formula is C20H23FN2O6S. The van der Waals surface area contributed by atoms with Crippen LogP contribution in [-0.2, 0) is 21.3 Å². The maximum Gasteiger partial charge on any atom is 0.255 e. The summed E-state index contributed by atoms with van der Waals surface area (Å²) in [6.45, 7) is 1.10. The SMILES string of the molecule is COc1cc(S(=O)(=O)N2CCOCC2)cc(C(=O)NCc2cccc(F)c2)c1OC. The zero-order valence-corrected chi connectivity index (χ0v) is 17.5. The van der Waals surface area contributed by atoms with Crippen LogP contribution in [0, 0.1) is 5.82 Å². The molecule has 1 aliphatic rings. The average Bonchev–Trinajstić information content (AvgIpc) is 2.77. The lowest BCUT2D eigenvalue weighted by Crippen LogP contribution is -2.40. The Balaban J connectivity index is 1.93. The number of hydrogen-bond acceptors (Lipinski definition) is 6. The highest BCUT2D eigenvalue weighted by atomic mass is 32.2. The van der Waals surface area contributed by atoms with Crippen LogP contribution in [0.25, 0.3) is 0 Å². The zero-order valence-electron chi connectivity index (χ0n) is 16.7. The van der Waals surface area contributed by atoms with Gasteiger partial charge in [0.1, 0.15) is 5.82 Å². The molecule has 2 aromatic rings. The molecule has 1 amide bonds. The first-order valence-corrected chi connectivity index (χ1v) is 10.7. The molecule has 0 radical (unpaired) electrons. The van der Waals surface area contributed by atoms with Crippen LogP contribution >= 0.6 is 0 Å². The number of rotatable bonds is 7. The van der Waals surface area contributed by atoms with E-state index in [9.17, 15) is 17.6 Å². The van der Waals surface area contributed by atoms with E-state index >= 15 is 0 Å². The Labute approximate surface area is 174 Å². The van der Waals surface area contributed by atoms with Crippen molar-refractivity contribution in [1.29, 1.82) is 0 Å². The minimum Gasteiger partial charge on any atom is -0.493 e. The van der Waals surface area contributed by atoms with Crippen molar-refractivity contribution >= 4 is 15.9 Å². The minimum atomic E-state index is -3.86. The molecule has 1 saturated heterocycles. The molecule has 3 rings (SSSR count). The molecule has 0 bridgehead atoms. The molecule has 0 saturated carbocycles. The first-order chi connectivity index (χ1) is 14.4. The van der Waals surface area contributed by atoms with Crippen LogP contribution in [0.15, 0.2) is 41.3 Å². The van der Waals surface area contributed by atoms with E-state index in [-0.39, 0.29) is 41.6 Å². The van der Waals surface area contributed by atoms with E-state index in [1.54, 1.807) is 6.07 Å². The highest BCUT2D eigenvalue weighted by Crippen LogP contribution is 2.35. The molecule has 162 valence electrons. The Morgan fingerprint density at radius 2 is 1.90 bits per heavy atom. The number of halogens is 1. The molecule has 1 N–H and O–H groups in total. The Morgan fingerprint density at radius 3 is 2.53 bits per heavy atom. The van der Waals surface area contributed by atoms with Gasteiger partial charge in [-0.25, -0.2) is 12.8 Å². The number of ether oxygens (including phenoxy) is 3. The molecule has 0 atom stereocenters. The summed E-state index contributed by atoms with van der Waals surface area (Å²) < 4.78 is 56.5. The molecule has 2 aromatic carbocycles. The third-order valence-corrected chi connectivity index (χ3v) is 6.52. The fourth-order valence-electron chi connectivity index (χ4n) is 3.12. The summed E-state index contributed by atoms with van der Waals surface area (Å²) in [5.41, 5.74) is 0.562. The summed E-state index contributed by atoms with van der Waals surface area (Å²) in [5.74, 6) is -0.772. The van der Waals surface area contributed by atoms with E-state index in [1.165, 1.54) is 48.9 Å². The largest absolute Gasteiger partial charge is 0.493 e. The van der Waals surface area contributed by atoms with Crippen molar-refractivity contribution in [1.82, 2.24) is 9.62 Å². The lowest BCUT2D eigenvalue weighted by atomic mass is 10.1. The number of methoxy groups -OCH3 is 2. The molecule has 0 unspecified atom stereocenters. The van der Waals surface area contributed by atoms with Gasteiger partial charge in [-0.15, -0.1) is 0 Å². The highest BCUT2D eigenvalue weighted by molar-refractivity contribution is 7.89. The second kappa shape index (κ2) is 9.41. The number of nitrogens with zero attached hydrogens (tertiary/aromatic N) is 1. The van der Waals surface area contributed by atoms with Gasteiger partial charge in [-0.05, 0) is 23.8 Å². The summed E-state index contributed by atoms with van der Waals surface area (Å²) in [4.78, 5) is 12.8. The highest BCUT2D eigenvalue weighted by Gasteiger charge is 2.30. The Morgan fingerprint density at radius 1 is 1.17 bits per heavy atom. The number of hydrogen-bond donors (Lipinski definition) is 1. The topological polar surface area (TPSA) is 94.2 Å². The first kappa shape index (κ1) is 22.0. The van der Waals surface area contributed by atoms with Crippen LogP contribution in [0.2, 0.25) is 0 Å². The number of morpholine rings is 1. The van der Waals surface area contributed by atoms with Gasteiger partial charge in [0.15, 0.2) is 11.5 Å². The van der Waals surface area contributed by atoms with Crippen molar-refractivity contribution in [2.45, 2.75) is 11.4 Å². The molecule has 0 spiro atoms. The van der Waals surface area contributed by atoms with Crippen LogP contribution < -0.4 is 14.8 Å². The van der Waals surface area contributed by atoms with Crippen molar-refractivity contribution in [3.8, 4) is 11.5 Å². The van der Waals surface area contributed by atoms with Gasteiger partial charge in [0, 0.05) is 25.7 Å². The monoisotopic (exact) mass is 438 g/mol. The van der Waals surface area contributed by atoms with Crippen LogP contribution in [0.4, 0.5) is 4.39 Å². The lowest BCUT2D eigenvalue weighted by Gasteiger charge is -2.26. The molecule has 10 heteroatoms. The van der Waals surface area contributed by atoms with Gasteiger partial charge in [0.05, 0.1) is 37.9 Å². The van der Waals surface area contributed by atoms with E-state index in [1.807, 2.05) is 0 Å². The fourth-order valence-corrected chi connectivity index (χ4v) is 4.57. The van der Waals surface area contributed by atoms with Crippen molar-refractivity contribution in [3.63, 3.8) is 0 Å². The third-order valence-electron chi connectivity index (χ3n) is 4.65. The second-order valence-corrected chi connectivity index (χ2v) is 8.47. The summed E-state index contributed by atoms with van der Waals surface area (Å²) >= 11 is 0. The zero-order chi connectivity index (χ0) is 21.7. The van der Waals surface area contributed by atoms with Gasteiger partial charge in [-0.2, -0.15) is 4.31 Å². The molecule has 30 heavy (non-hydrogen) atoms. The summed E-state index contributed by atoms with van der Waals surface area (Å²) in [6.07, 6.45) is 0. The molecule has 8 nitrogen and oxygen atoms in total. The number of sulfonamides is 1. The maximum atomic E-state index is 13.4. The van der Waals surface area contributed by atoms with E-state index in [2.05, 4.69) is 5.32 Å². The van der Waals surface area contributed by atoms with E-state index in [0.29, 0.717) is 18.8 Å². The van der Waals surface area contributed by atoms with Gasteiger partial charge in [0.2, 0.25) is 10.0 Å². The Hall–Kier alpha value is -2.69. The molecule has 1 heterocycles. The van der Waals surface area contributed by atoms with Crippen molar-refractivity contribution < 1.29 is 31.8 Å². The maximum absolute atomic E-state index is 13.4. The van der Waals surface area contributed by atoms with Gasteiger partial charge in [-0.1, -0.05) is 12.1 Å². The standard InChI is InChI=1S/C20H23FN2O6S/c1-27-18-12-16(30(25,26)23-6-8-29-9-7-23)11-17(19(18)28-2)20(24)22-13-14-4-3-5-15(21)10-14/h3-5,10-12H,6-9,13H2,1-2H3,(H,22,24). The van der Waals surface area contributed by atoms with Gasteiger partial charge < -0.3 is 19.5 Å². The second-order valence-electron chi connectivity index (χ2n) is 6.54. The number of carbonyl (C=O) groups is 1. The number of amides is 1. The first-order valence-electron chi connectivity index (χ1n) is 9.23. The predicted molar refractivity (Wildman–Crippen MR) is 107 cm³/mol. The van der Waals surface area contributed by atoms with Gasteiger partial charge in [-0.3, -0.25) is 4.79 Å². The summed E-state index contributed by atoms with van der Waals surface area (Å²) in [7, 11) is -1.14. The normalized spacial score (nSPS) is 14.9. The third kappa shape index (κ3) is 4.72. The molecular weight excluding hydrogens is 415 g/mol. The number of nitrogens with one attached hydrogen (secondary N) is 1. The average molecular weight is 438 g/mol. The molecule has 1 aliphatic heterocycles. The quantitative estimate of drug-likeness (QED) is 0.709. The van der Waals surface area contributed by atoms with Crippen LogP contribution in [0.1, 0.15) is 15.9 Å². The molecule has 1 fully saturated rings. The van der Waals surface area contributed by atoms with Crippen LogP contribution in [0.3, 0.4) is 0 Å². The fraction of sp³-hybridized carbons (Fsp3) is 0.350. The number of benzene rings is 2. The van der Waals surface area contributed by atoms with Crippen molar-refractivity contribution in [3.05, 3.63) is 53.3 Å². The van der Waals surface area contributed by atoms with Crippen molar-refractivity contribution in [2.24, 2.45) is 0 Å². The van der Waals surface area contributed by atoms with Crippen LogP contribution in [0.5, 0.6) is 11.5 Å². The van der Waals surface area contributed by atoms with E-state index < -0.39 is 21.7 Å². The Kier molecular flexibility index (Phi) is 6.91. The molecule has 0 aliphatic carbocycles. The Bertz CT molecular complexity index is 1020. The van der Waals surface area contributed by atoms with E-state index in [4.69, 9.17) is 14.2 Å². The lowest BCUT2D eigenvalue weighted by molar-refractivity contribution is 0.0730. The van der Waals surface area contributed by atoms with Crippen molar-refractivity contribution in [2.75, 3.05) is 40.5 Å². The number of carbonyl (C=O) groups excluding carboxylic acids is 1. The predicted octanol–water partition coefficient (Wildman–Crippen LogP) is 1.79. The smallest absolute Gasteiger partial charge is 0.255 e.